The van der Waals surface area contributed by atoms with Crippen LogP contribution in [0.4, 0.5) is 4.39 Å². The Balaban J connectivity index is 1.89. The van der Waals surface area contributed by atoms with Gasteiger partial charge in [0.15, 0.2) is 0 Å². The fraction of sp³-hybridized carbons (Fsp3) is 0.533. The second-order valence-electron chi connectivity index (χ2n) is 5.41. The lowest BCUT2D eigenvalue weighted by Gasteiger charge is -2.33. The Bertz CT molecular complexity index is 508. The molecule has 0 radical (unpaired) electrons. The van der Waals surface area contributed by atoms with Crippen LogP contribution in [0.15, 0.2) is 24.3 Å². The molecular weight excluding hydrogens is 259 g/mol. The molecule has 0 bridgehead atoms. The maximum absolute atomic E-state index is 13.4. The van der Waals surface area contributed by atoms with Gasteiger partial charge in [-0.25, -0.2) is 4.39 Å². The van der Waals surface area contributed by atoms with E-state index in [9.17, 15) is 9.18 Å². The summed E-state index contributed by atoms with van der Waals surface area (Å²) in [6, 6.07) is 6.51. The van der Waals surface area contributed by atoms with Crippen LogP contribution in [0.2, 0.25) is 0 Å². The van der Waals surface area contributed by atoms with Gasteiger partial charge in [0.25, 0.3) is 0 Å². The van der Waals surface area contributed by atoms with E-state index in [0.29, 0.717) is 6.54 Å². The molecule has 108 valence electrons. The maximum Gasteiger partial charge on any atom is 0.238 e. The number of halogens is 1. The molecule has 1 aliphatic carbocycles. The van der Waals surface area contributed by atoms with Gasteiger partial charge in [-0.1, -0.05) is 12.1 Å². The summed E-state index contributed by atoms with van der Waals surface area (Å²) >= 11 is 0. The standard InChI is InChI=1S/C15H19FN2O2/c1-20-13-7-3-6-12(13)18-14(19)9-17-15(18)10-4-2-5-11(16)8-10/h2,4-5,8,12-13,15,17H,3,6-7,9H2,1H3. The maximum atomic E-state index is 13.4. The third-order valence-electron chi connectivity index (χ3n) is 4.25. The summed E-state index contributed by atoms with van der Waals surface area (Å²) in [6.07, 6.45) is 2.80. The highest BCUT2D eigenvalue weighted by atomic mass is 19.1. The highest BCUT2D eigenvalue weighted by molar-refractivity contribution is 5.81. The fourth-order valence-corrected chi connectivity index (χ4v) is 3.35. The molecule has 3 rings (SSSR count). The molecule has 2 fully saturated rings. The van der Waals surface area contributed by atoms with Crippen LogP contribution >= 0.6 is 0 Å². The summed E-state index contributed by atoms with van der Waals surface area (Å²) in [5.74, 6) is -0.216. The van der Waals surface area contributed by atoms with Crippen LogP contribution in [0.25, 0.3) is 0 Å². The Morgan fingerprint density at radius 3 is 3.00 bits per heavy atom. The summed E-state index contributed by atoms with van der Waals surface area (Å²) in [6.45, 7) is 0.300. The molecule has 2 aliphatic rings. The van der Waals surface area contributed by atoms with Gasteiger partial charge >= 0.3 is 0 Å². The first-order valence-electron chi connectivity index (χ1n) is 7.03. The van der Waals surface area contributed by atoms with Crippen LogP contribution in [0.5, 0.6) is 0 Å². The zero-order valence-electron chi connectivity index (χ0n) is 11.5. The minimum atomic E-state index is -0.279. The number of hydrogen-bond acceptors (Lipinski definition) is 3. The number of benzene rings is 1. The molecule has 0 spiro atoms. The molecule has 3 atom stereocenters. The van der Waals surface area contributed by atoms with E-state index in [0.717, 1.165) is 24.8 Å². The predicted molar refractivity (Wildman–Crippen MR) is 72.4 cm³/mol. The van der Waals surface area contributed by atoms with Crippen LogP contribution in [-0.4, -0.2) is 36.6 Å². The van der Waals surface area contributed by atoms with Crippen LogP contribution in [0, 0.1) is 5.82 Å². The number of ether oxygens (including phenoxy) is 1. The molecule has 1 amide bonds. The van der Waals surface area contributed by atoms with E-state index in [1.54, 1.807) is 13.2 Å². The van der Waals surface area contributed by atoms with Crippen LogP contribution in [0.3, 0.4) is 0 Å². The number of carbonyl (C=O) groups excluding carboxylic acids is 1. The molecule has 1 saturated heterocycles. The topological polar surface area (TPSA) is 41.6 Å². The number of rotatable bonds is 3. The van der Waals surface area contributed by atoms with Gasteiger partial charge in [-0.15, -0.1) is 0 Å². The van der Waals surface area contributed by atoms with Crippen LogP contribution < -0.4 is 5.32 Å². The van der Waals surface area contributed by atoms with Crippen LogP contribution in [-0.2, 0) is 9.53 Å². The summed E-state index contributed by atoms with van der Waals surface area (Å²) in [4.78, 5) is 14.0. The SMILES string of the molecule is COC1CCCC1N1C(=O)CNC1c1cccc(F)c1. The molecule has 20 heavy (non-hydrogen) atoms. The second-order valence-corrected chi connectivity index (χ2v) is 5.41. The molecule has 5 heteroatoms. The number of nitrogens with one attached hydrogen (secondary N) is 1. The molecular formula is C15H19FN2O2. The third kappa shape index (κ3) is 2.31. The number of nitrogens with zero attached hydrogens (tertiary/aromatic N) is 1. The first kappa shape index (κ1) is 13.5. The van der Waals surface area contributed by atoms with E-state index in [2.05, 4.69) is 5.32 Å². The molecule has 4 nitrogen and oxygen atoms in total. The number of methoxy groups -OCH3 is 1. The first-order valence-corrected chi connectivity index (χ1v) is 7.03. The molecule has 1 heterocycles. The van der Waals surface area contributed by atoms with Crippen molar-refractivity contribution >= 4 is 5.91 Å². The van der Waals surface area contributed by atoms with Gasteiger partial charge in [0.05, 0.1) is 18.7 Å². The van der Waals surface area contributed by atoms with Crippen molar-refractivity contribution in [3.8, 4) is 0 Å². The molecule has 0 aromatic heterocycles. The summed E-state index contributed by atoms with van der Waals surface area (Å²) in [5.41, 5.74) is 0.789. The highest BCUT2D eigenvalue weighted by Gasteiger charge is 2.42. The normalized spacial score (nSPS) is 30.2. The first-order chi connectivity index (χ1) is 9.70. The summed E-state index contributed by atoms with van der Waals surface area (Å²) in [7, 11) is 1.69. The Labute approximate surface area is 117 Å². The summed E-state index contributed by atoms with van der Waals surface area (Å²) < 4.78 is 18.9. The smallest absolute Gasteiger partial charge is 0.238 e. The molecule has 1 aliphatic heterocycles. The van der Waals surface area contributed by atoms with E-state index in [-0.39, 0.29) is 30.0 Å². The van der Waals surface area contributed by atoms with Crippen molar-refractivity contribution in [3.05, 3.63) is 35.6 Å². The van der Waals surface area contributed by atoms with Gasteiger partial charge in [-0.2, -0.15) is 0 Å². The average Bonchev–Trinajstić information content (AvgIpc) is 3.04. The fourth-order valence-electron chi connectivity index (χ4n) is 3.35. The molecule has 1 aromatic carbocycles. The van der Waals surface area contributed by atoms with Gasteiger partial charge in [-0.3, -0.25) is 10.1 Å². The lowest BCUT2D eigenvalue weighted by atomic mass is 10.1. The lowest BCUT2D eigenvalue weighted by molar-refractivity contribution is -0.132. The second kappa shape index (κ2) is 5.50. The van der Waals surface area contributed by atoms with Crippen molar-refractivity contribution in [3.63, 3.8) is 0 Å². The average molecular weight is 278 g/mol. The van der Waals surface area contributed by atoms with Crippen molar-refractivity contribution in [2.45, 2.75) is 37.6 Å². The lowest BCUT2D eigenvalue weighted by Crippen LogP contribution is -2.44. The van der Waals surface area contributed by atoms with E-state index in [1.807, 2.05) is 11.0 Å². The minimum absolute atomic E-state index is 0.0632. The van der Waals surface area contributed by atoms with Gasteiger partial charge in [0, 0.05) is 7.11 Å². The van der Waals surface area contributed by atoms with Gasteiger partial charge in [-0.05, 0) is 37.0 Å². The summed E-state index contributed by atoms with van der Waals surface area (Å²) in [5, 5.41) is 3.18. The van der Waals surface area contributed by atoms with Gasteiger partial charge < -0.3 is 9.64 Å². The zero-order chi connectivity index (χ0) is 14.1. The van der Waals surface area contributed by atoms with Crippen molar-refractivity contribution in [2.75, 3.05) is 13.7 Å². The van der Waals surface area contributed by atoms with Crippen LogP contribution in [0.1, 0.15) is 31.0 Å². The Morgan fingerprint density at radius 2 is 2.25 bits per heavy atom. The highest BCUT2D eigenvalue weighted by Crippen LogP contribution is 2.34. The van der Waals surface area contributed by atoms with Gasteiger partial charge in [0.2, 0.25) is 5.91 Å². The predicted octanol–water partition coefficient (Wildman–Crippen LogP) is 1.82. The Morgan fingerprint density at radius 1 is 1.40 bits per heavy atom. The van der Waals surface area contributed by atoms with Crippen molar-refractivity contribution in [1.82, 2.24) is 10.2 Å². The van der Waals surface area contributed by atoms with E-state index < -0.39 is 0 Å². The molecule has 3 unspecified atom stereocenters. The largest absolute Gasteiger partial charge is 0.379 e. The van der Waals surface area contributed by atoms with Crippen molar-refractivity contribution < 1.29 is 13.9 Å². The van der Waals surface area contributed by atoms with Crippen molar-refractivity contribution in [2.24, 2.45) is 0 Å². The number of carbonyl (C=O) groups is 1. The van der Waals surface area contributed by atoms with Gasteiger partial charge in [0.1, 0.15) is 12.0 Å². The molecule has 1 aromatic rings. The van der Waals surface area contributed by atoms with E-state index in [1.165, 1.54) is 12.1 Å². The zero-order valence-corrected chi connectivity index (χ0v) is 11.5. The molecule has 1 N–H and O–H groups in total. The number of amides is 1. The van der Waals surface area contributed by atoms with E-state index >= 15 is 0 Å². The quantitative estimate of drug-likeness (QED) is 0.917. The number of hydrogen-bond donors (Lipinski definition) is 1. The van der Waals surface area contributed by atoms with E-state index in [4.69, 9.17) is 4.74 Å². The van der Waals surface area contributed by atoms with Crippen molar-refractivity contribution in [1.29, 1.82) is 0 Å². The Hall–Kier alpha value is -1.46. The minimum Gasteiger partial charge on any atom is -0.379 e. The monoisotopic (exact) mass is 278 g/mol. The third-order valence-corrected chi connectivity index (χ3v) is 4.25. The molecule has 1 saturated carbocycles. The Kier molecular flexibility index (Phi) is 3.72.